The third-order valence-corrected chi connectivity index (χ3v) is 6.35. The molecule has 2 aromatic carbocycles. The van der Waals surface area contributed by atoms with Crippen LogP contribution in [0, 0.1) is 13.8 Å². The summed E-state index contributed by atoms with van der Waals surface area (Å²) in [6.07, 6.45) is 1.47. The van der Waals surface area contributed by atoms with Gasteiger partial charge in [-0.05, 0) is 61.4 Å². The van der Waals surface area contributed by atoms with E-state index < -0.39 is 17.2 Å². The number of amides is 1. The lowest BCUT2D eigenvalue weighted by Crippen LogP contribution is -2.42. The first kappa shape index (κ1) is 21.6. The summed E-state index contributed by atoms with van der Waals surface area (Å²) in [6.45, 7) is 3.79. The third kappa shape index (κ3) is 4.11. The van der Waals surface area contributed by atoms with Gasteiger partial charge in [0.25, 0.3) is 5.56 Å². The van der Waals surface area contributed by atoms with Gasteiger partial charge >= 0.3 is 5.69 Å². The van der Waals surface area contributed by atoms with Crippen LogP contribution in [0.2, 0.25) is 0 Å². The second-order valence-corrected chi connectivity index (χ2v) is 8.83. The van der Waals surface area contributed by atoms with Gasteiger partial charge in [-0.3, -0.25) is 14.2 Å². The molecule has 32 heavy (non-hydrogen) atoms. The van der Waals surface area contributed by atoms with Crippen LogP contribution in [0.5, 0.6) is 0 Å². The summed E-state index contributed by atoms with van der Waals surface area (Å²) < 4.78 is 3.73. The van der Waals surface area contributed by atoms with E-state index in [1.807, 2.05) is 12.1 Å². The maximum absolute atomic E-state index is 12.7. The van der Waals surface area contributed by atoms with Crippen molar-refractivity contribution in [3.8, 4) is 0 Å². The van der Waals surface area contributed by atoms with Crippen LogP contribution in [0.15, 0.2) is 68.2 Å². The molecule has 0 saturated heterocycles. The topological polar surface area (TPSA) is 90.9 Å². The Hall–Kier alpha value is -3.59. The predicted octanol–water partition coefficient (Wildman–Crippen LogP) is 2.84. The molecule has 0 unspecified atom stereocenters. The minimum atomic E-state index is -0.587. The number of carbonyl (C=O) groups is 1. The molecular formula is C23H23N5O3S. The molecule has 2 heterocycles. The van der Waals surface area contributed by atoms with E-state index in [4.69, 9.17) is 0 Å². The molecule has 0 saturated carbocycles. The average Bonchev–Trinajstić information content (AvgIpc) is 3.15. The molecule has 4 rings (SSSR count). The van der Waals surface area contributed by atoms with Gasteiger partial charge in [-0.2, -0.15) is 0 Å². The number of rotatable bonds is 5. The molecule has 0 atom stereocenters. The number of imidazole rings is 1. The number of fused-ring (bicyclic) bond motifs is 1. The minimum absolute atomic E-state index is 0.271. The maximum Gasteiger partial charge on any atom is 0.332 e. The molecule has 1 amide bonds. The molecule has 0 aliphatic rings. The largest absolute Gasteiger partial charge is 0.332 e. The lowest BCUT2D eigenvalue weighted by molar-refractivity contribution is -0.116. The molecule has 8 nitrogen and oxygen atoms in total. The highest BCUT2D eigenvalue weighted by Gasteiger charge is 2.17. The zero-order chi connectivity index (χ0) is 23.0. The first-order valence-corrected chi connectivity index (χ1v) is 10.8. The predicted molar refractivity (Wildman–Crippen MR) is 125 cm³/mol. The highest BCUT2D eigenvalue weighted by molar-refractivity contribution is 7.99. The Balaban J connectivity index is 1.49. The smallest absolute Gasteiger partial charge is 0.328 e. The van der Waals surface area contributed by atoms with Gasteiger partial charge in [0.1, 0.15) is 6.54 Å². The Bertz CT molecular complexity index is 1450. The number of aryl methyl sites for hydroxylation is 4. The fourth-order valence-corrected chi connectivity index (χ4v) is 4.32. The van der Waals surface area contributed by atoms with Gasteiger partial charge in [0, 0.05) is 29.6 Å². The minimum Gasteiger partial charge on any atom is -0.328 e. The Labute approximate surface area is 188 Å². The maximum atomic E-state index is 12.7. The van der Waals surface area contributed by atoms with Crippen molar-refractivity contribution in [3.63, 3.8) is 0 Å². The fourth-order valence-electron chi connectivity index (χ4n) is 3.40. The van der Waals surface area contributed by atoms with E-state index in [1.54, 1.807) is 30.9 Å². The first-order valence-electron chi connectivity index (χ1n) is 10.0. The van der Waals surface area contributed by atoms with Crippen LogP contribution in [0.4, 0.5) is 5.69 Å². The van der Waals surface area contributed by atoms with Crippen LogP contribution >= 0.6 is 11.8 Å². The van der Waals surface area contributed by atoms with Crippen molar-refractivity contribution < 1.29 is 4.79 Å². The summed E-state index contributed by atoms with van der Waals surface area (Å²) in [5, 5.41) is 2.75. The van der Waals surface area contributed by atoms with Crippen LogP contribution in [-0.4, -0.2) is 24.6 Å². The number of nitrogens with zero attached hydrogens (tertiary/aromatic N) is 4. The van der Waals surface area contributed by atoms with Gasteiger partial charge in [-0.1, -0.05) is 17.8 Å². The average molecular weight is 450 g/mol. The Morgan fingerprint density at radius 3 is 2.38 bits per heavy atom. The lowest BCUT2D eigenvalue weighted by atomic mass is 10.1. The normalized spacial score (nSPS) is 11.1. The Morgan fingerprint density at radius 2 is 1.69 bits per heavy atom. The fraction of sp³-hybridized carbons (Fsp3) is 0.217. The van der Waals surface area contributed by atoms with E-state index in [0.717, 1.165) is 14.4 Å². The molecule has 4 aromatic rings. The molecule has 0 bridgehead atoms. The van der Waals surface area contributed by atoms with E-state index in [2.05, 4.69) is 42.3 Å². The number of anilines is 1. The van der Waals surface area contributed by atoms with Crippen molar-refractivity contribution in [3.05, 3.63) is 80.8 Å². The molecular weight excluding hydrogens is 426 g/mol. The van der Waals surface area contributed by atoms with Crippen molar-refractivity contribution in [2.45, 2.75) is 30.2 Å². The molecule has 1 N–H and O–H groups in total. The van der Waals surface area contributed by atoms with Crippen LogP contribution in [0.25, 0.3) is 11.2 Å². The molecule has 0 spiro atoms. The molecule has 9 heteroatoms. The van der Waals surface area contributed by atoms with Gasteiger partial charge in [-0.15, -0.1) is 0 Å². The standard InChI is InChI=1S/C23H23N5O3S/c1-14-5-8-18(11-15(14)2)32-17-9-6-16(7-10-17)25-19(29)12-28-22(30)20-21(24-13-26(20)3)27(4)23(28)31/h5-11,13H,12H2,1-4H3,(H,25,29). The summed E-state index contributed by atoms with van der Waals surface area (Å²) in [6, 6.07) is 13.8. The van der Waals surface area contributed by atoms with Crippen LogP contribution < -0.4 is 16.6 Å². The van der Waals surface area contributed by atoms with Crippen molar-refractivity contribution >= 4 is 34.5 Å². The zero-order valence-electron chi connectivity index (χ0n) is 18.2. The lowest BCUT2D eigenvalue weighted by Gasteiger charge is -2.10. The van der Waals surface area contributed by atoms with Gasteiger partial charge in [0.05, 0.1) is 6.33 Å². The van der Waals surface area contributed by atoms with Gasteiger partial charge in [0.2, 0.25) is 5.91 Å². The summed E-state index contributed by atoms with van der Waals surface area (Å²) in [5.41, 5.74) is 2.51. The second kappa shape index (κ2) is 8.51. The number of hydrogen-bond donors (Lipinski definition) is 1. The zero-order valence-corrected chi connectivity index (χ0v) is 19.1. The van der Waals surface area contributed by atoms with E-state index in [9.17, 15) is 14.4 Å². The van der Waals surface area contributed by atoms with E-state index in [1.165, 1.54) is 33.6 Å². The van der Waals surface area contributed by atoms with Gasteiger partial charge in [-0.25, -0.2) is 14.3 Å². The number of benzene rings is 2. The summed E-state index contributed by atoms with van der Waals surface area (Å²) in [4.78, 5) is 44.1. The van der Waals surface area contributed by atoms with E-state index >= 15 is 0 Å². The summed E-state index contributed by atoms with van der Waals surface area (Å²) in [5.74, 6) is -0.458. The molecule has 0 radical (unpaired) electrons. The first-order chi connectivity index (χ1) is 15.2. The monoisotopic (exact) mass is 449 g/mol. The second-order valence-electron chi connectivity index (χ2n) is 7.68. The van der Waals surface area contributed by atoms with Crippen molar-refractivity contribution in [2.75, 3.05) is 5.32 Å². The Morgan fingerprint density at radius 1 is 1.00 bits per heavy atom. The summed E-state index contributed by atoms with van der Waals surface area (Å²) >= 11 is 1.64. The van der Waals surface area contributed by atoms with Gasteiger partial charge in [0.15, 0.2) is 11.2 Å². The highest BCUT2D eigenvalue weighted by atomic mass is 32.2. The molecule has 0 aliphatic carbocycles. The number of carbonyl (C=O) groups excluding carboxylic acids is 1. The number of nitrogens with one attached hydrogen (secondary N) is 1. The third-order valence-electron chi connectivity index (χ3n) is 5.35. The summed E-state index contributed by atoms with van der Waals surface area (Å²) in [7, 11) is 3.19. The van der Waals surface area contributed by atoms with Crippen LogP contribution in [0.1, 0.15) is 11.1 Å². The number of hydrogen-bond acceptors (Lipinski definition) is 5. The molecule has 164 valence electrons. The van der Waals surface area contributed by atoms with Crippen LogP contribution in [-0.2, 0) is 25.4 Å². The van der Waals surface area contributed by atoms with Crippen molar-refractivity contribution in [1.82, 2.24) is 18.7 Å². The number of aromatic nitrogens is 4. The van der Waals surface area contributed by atoms with Gasteiger partial charge < -0.3 is 9.88 Å². The van der Waals surface area contributed by atoms with E-state index in [-0.39, 0.29) is 17.7 Å². The van der Waals surface area contributed by atoms with Crippen molar-refractivity contribution in [1.29, 1.82) is 0 Å². The SMILES string of the molecule is Cc1ccc(Sc2ccc(NC(=O)Cn3c(=O)c4c(ncn4C)n(C)c3=O)cc2)cc1C. The highest BCUT2D eigenvalue weighted by Crippen LogP contribution is 2.29. The van der Waals surface area contributed by atoms with E-state index in [0.29, 0.717) is 5.69 Å². The molecule has 2 aromatic heterocycles. The quantitative estimate of drug-likeness (QED) is 0.506. The van der Waals surface area contributed by atoms with Crippen LogP contribution in [0.3, 0.4) is 0 Å². The van der Waals surface area contributed by atoms with Crippen molar-refractivity contribution in [2.24, 2.45) is 14.1 Å². The molecule has 0 fully saturated rings. The Kier molecular flexibility index (Phi) is 5.75. The molecule has 0 aliphatic heterocycles.